The molecule has 0 aliphatic rings. The zero-order valence-electron chi connectivity index (χ0n) is 11.7. The quantitative estimate of drug-likeness (QED) is 0.828. The maximum Gasteiger partial charge on any atom is 0.221 e. The molecule has 4 heteroatoms. The average molecular weight is 289 g/mol. The number of phenols is 1. The molecule has 0 spiro atoms. The zero-order valence-corrected chi connectivity index (χ0v) is 12.5. The van der Waals surface area contributed by atoms with Crippen LogP contribution >= 0.6 is 11.8 Å². The first-order valence-corrected chi connectivity index (χ1v) is 7.69. The van der Waals surface area contributed by atoms with Crippen LogP contribution in [0.4, 0.5) is 0 Å². The molecular weight excluding hydrogens is 270 g/mol. The molecule has 0 aromatic heterocycles. The molecule has 2 aromatic carbocycles. The first-order chi connectivity index (χ1) is 9.58. The molecule has 0 heterocycles. The number of rotatable bonds is 5. The van der Waals surface area contributed by atoms with Gasteiger partial charge in [0.05, 0.1) is 0 Å². The largest absolute Gasteiger partial charge is 0.507 e. The van der Waals surface area contributed by atoms with Gasteiger partial charge in [-0.1, -0.05) is 24.3 Å². The molecule has 0 bridgehead atoms. The summed E-state index contributed by atoms with van der Waals surface area (Å²) in [4.78, 5) is 12.7. The Balaban J connectivity index is 2.04. The topological polar surface area (TPSA) is 49.3 Å². The van der Waals surface area contributed by atoms with Crippen LogP contribution in [0.2, 0.25) is 0 Å². The first kappa shape index (κ1) is 14.7. The van der Waals surface area contributed by atoms with Gasteiger partial charge in [-0.05, 0) is 31.4 Å². The molecule has 0 atom stereocenters. The van der Waals surface area contributed by atoms with Crippen LogP contribution < -0.4 is 5.32 Å². The Kier molecular flexibility index (Phi) is 4.90. The monoisotopic (exact) mass is 289 g/mol. The molecule has 106 valence electrons. The summed E-state index contributed by atoms with van der Waals surface area (Å²) in [5, 5.41) is 14.6. The van der Waals surface area contributed by atoms with E-state index < -0.39 is 0 Å². The molecule has 1 amide bonds. The Bertz CT molecular complexity index is 610. The summed E-state index contributed by atoms with van der Waals surface area (Å²) in [5.41, 5.74) is 0. The lowest BCUT2D eigenvalue weighted by molar-refractivity contribution is -0.121. The van der Waals surface area contributed by atoms with Gasteiger partial charge in [0, 0.05) is 28.5 Å². The second kappa shape index (κ2) is 6.66. The number of nitrogens with one attached hydrogen (secondary N) is 1. The number of hydrogen-bond donors (Lipinski definition) is 2. The van der Waals surface area contributed by atoms with Gasteiger partial charge in [-0.3, -0.25) is 4.79 Å². The Hall–Kier alpha value is -1.68. The van der Waals surface area contributed by atoms with E-state index in [1.807, 2.05) is 44.2 Å². The number of hydrogen-bond acceptors (Lipinski definition) is 3. The van der Waals surface area contributed by atoms with Crippen molar-refractivity contribution < 1.29 is 9.90 Å². The van der Waals surface area contributed by atoms with Gasteiger partial charge in [0.2, 0.25) is 5.91 Å². The van der Waals surface area contributed by atoms with Crippen molar-refractivity contribution in [2.45, 2.75) is 31.2 Å². The van der Waals surface area contributed by atoms with Crippen LogP contribution in [-0.4, -0.2) is 22.8 Å². The maximum absolute atomic E-state index is 11.6. The van der Waals surface area contributed by atoms with Crippen LogP contribution in [0, 0.1) is 0 Å². The number of fused-ring (bicyclic) bond motifs is 1. The lowest BCUT2D eigenvalue weighted by Gasteiger charge is -2.09. The third kappa shape index (κ3) is 3.67. The van der Waals surface area contributed by atoms with Gasteiger partial charge in [-0.2, -0.15) is 0 Å². The minimum atomic E-state index is 0.0792. The fourth-order valence-electron chi connectivity index (χ4n) is 2.03. The number of benzene rings is 2. The Morgan fingerprint density at radius 3 is 2.60 bits per heavy atom. The van der Waals surface area contributed by atoms with E-state index in [2.05, 4.69) is 5.32 Å². The van der Waals surface area contributed by atoms with Crippen molar-refractivity contribution in [3.8, 4) is 5.75 Å². The molecular formula is C16H19NO2S. The summed E-state index contributed by atoms with van der Waals surface area (Å²) in [5.74, 6) is 1.10. The number of aromatic hydroxyl groups is 1. The van der Waals surface area contributed by atoms with Gasteiger partial charge >= 0.3 is 0 Å². The number of thioether (sulfide) groups is 1. The molecule has 0 radical (unpaired) electrons. The molecule has 0 saturated heterocycles. The van der Waals surface area contributed by atoms with E-state index in [4.69, 9.17) is 0 Å². The fraction of sp³-hybridized carbons (Fsp3) is 0.312. The van der Waals surface area contributed by atoms with Crippen molar-refractivity contribution in [1.82, 2.24) is 5.32 Å². The Labute approximate surface area is 123 Å². The smallest absolute Gasteiger partial charge is 0.221 e. The van der Waals surface area contributed by atoms with Gasteiger partial charge in [0.15, 0.2) is 0 Å². The average Bonchev–Trinajstić information content (AvgIpc) is 2.41. The van der Waals surface area contributed by atoms with Crippen LogP contribution in [0.3, 0.4) is 0 Å². The van der Waals surface area contributed by atoms with Crippen LogP contribution in [0.15, 0.2) is 41.3 Å². The fourth-order valence-corrected chi connectivity index (χ4v) is 3.03. The molecule has 0 saturated carbocycles. The van der Waals surface area contributed by atoms with E-state index in [0.29, 0.717) is 12.2 Å². The van der Waals surface area contributed by atoms with E-state index >= 15 is 0 Å². The number of phenolic OH excluding ortho intramolecular Hbond substituents is 1. The Morgan fingerprint density at radius 2 is 1.90 bits per heavy atom. The van der Waals surface area contributed by atoms with Crippen molar-refractivity contribution in [2.24, 2.45) is 0 Å². The number of carbonyl (C=O) groups excluding carboxylic acids is 1. The molecule has 0 unspecified atom stereocenters. The summed E-state index contributed by atoms with van der Waals surface area (Å²) in [6.45, 7) is 3.91. The van der Waals surface area contributed by atoms with Gasteiger partial charge < -0.3 is 10.4 Å². The van der Waals surface area contributed by atoms with E-state index in [1.54, 1.807) is 17.8 Å². The standard InChI is InChI=1S/C16H19NO2S/c1-11(2)17-16(19)9-10-20-15-8-7-14(18)12-5-3-4-6-13(12)15/h3-8,11,18H,9-10H2,1-2H3,(H,17,19). The minimum absolute atomic E-state index is 0.0792. The molecule has 2 rings (SSSR count). The van der Waals surface area contributed by atoms with Crippen molar-refractivity contribution in [3.05, 3.63) is 36.4 Å². The van der Waals surface area contributed by atoms with Crippen LogP contribution in [-0.2, 0) is 4.79 Å². The highest BCUT2D eigenvalue weighted by molar-refractivity contribution is 7.99. The third-order valence-electron chi connectivity index (χ3n) is 2.90. The maximum atomic E-state index is 11.6. The van der Waals surface area contributed by atoms with Gasteiger partial charge in [0.1, 0.15) is 5.75 Å². The second-order valence-electron chi connectivity index (χ2n) is 4.95. The molecule has 20 heavy (non-hydrogen) atoms. The zero-order chi connectivity index (χ0) is 14.5. The van der Waals surface area contributed by atoms with E-state index in [1.165, 1.54) is 0 Å². The highest BCUT2D eigenvalue weighted by Gasteiger charge is 2.07. The Morgan fingerprint density at radius 1 is 1.20 bits per heavy atom. The predicted octanol–water partition coefficient (Wildman–Crippen LogP) is 3.55. The lowest BCUT2D eigenvalue weighted by atomic mass is 10.1. The summed E-state index contributed by atoms with van der Waals surface area (Å²) < 4.78 is 0. The van der Waals surface area contributed by atoms with E-state index in [9.17, 15) is 9.90 Å². The van der Waals surface area contributed by atoms with Crippen molar-refractivity contribution in [1.29, 1.82) is 0 Å². The van der Waals surface area contributed by atoms with Crippen LogP contribution in [0.5, 0.6) is 5.75 Å². The van der Waals surface area contributed by atoms with Gasteiger partial charge in [0.25, 0.3) is 0 Å². The van der Waals surface area contributed by atoms with Gasteiger partial charge in [-0.15, -0.1) is 11.8 Å². The molecule has 0 fully saturated rings. The van der Waals surface area contributed by atoms with Gasteiger partial charge in [-0.25, -0.2) is 0 Å². The second-order valence-corrected chi connectivity index (χ2v) is 6.09. The summed E-state index contributed by atoms with van der Waals surface area (Å²) in [7, 11) is 0. The molecule has 2 N–H and O–H groups in total. The SMILES string of the molecule is CC(C)NC(=O)CCSc1ccc(O)c2ccccc12. The van der Waals surface area contributed by atoms with Crippen molar-refractivity contribution in [3.63, 3.8) is 0 Å². The van der Waals surface area contributed by atoms with E-state index in [-0.39, 0.29) is 11.9 Å². The number of amides is 1. The van der Waals surface area contributed by atoms with Crippen molar-refractivity contribution in [2.75, 3.05) is 5.75 Å². The third-order valence-corrected chi connectivity index (χ3v) is 3.97. The van der Waals surface area contributed by atoms with Crippen LogP contribution in [0.25, 0.3) is 10.8 Å². The normalized spacial score (nSPS) is 10.9. The summed E-state index contributed by atoms with van der Waals surface area (Å²) in [6, 6.07) is 11.6. The lowest BCUT2D eigenvalue weighted by Crippen LogP contribution is -2.30. The number of carbonyl (C=O) groups is 1. The van der Waals surface area contributed by atoms with Crippen LogP contribution in [0.1, 0.15) is 20.3 Å². The molecule has 0 aliphatic heterocycles. The highest BCUT2D eigenvalue weighted by Crippen LogP contribution is 2.33. The molecule has 2 aromatic rings. The molecule has 3 nitrogen and oxygen atoms in total. The first-order valence-electron chi connectivity index (χ1n) is 6.71. The summed E-state index contributed by atoms with van der Waals surface area (Å²) in [6.07, 6.45) is 0.498. The minimum Gasteiger partial charge on any atom is -0.507 e. The molecule has 0 aliphatic carbocycles. The predicted molar refractivity (Wildman–Crippen MR) is 84.2 cm³/mol. The van der Waals surface area contributed by atoms with E-state index in [0.717, 1.165) is 21.4 Å². The summed E-state index contributed by atoms with van der Waals surface area (Å²) >= 11 is 1.64. The van der Waals surface area contributed by atoms with Crippen molar-refractivity contribution >= 4 is 28.4 Å². The highest BCUT2D eigenvalue weighted by atomic mass is 32.2.